The van der Waals surface area contributed by atoms with Crippen molar-refractivity contribution in [3.05, 3.63) is 23.2 Å². The Kier molecular flexibility index (Phi) is 5.63. The number of nitrogens with one attached hydrogen (secondary N) is 1. The molecule has 0 aliphatic rings. The molecule has 106 valence electrons. The van der Waals surface area contributed by atoms with Gasteiger partial charge < -0.3 is 11.1 Å². The van der Waals surface area contributed by atoms with Crippen LogP contribution in [0.2, 0.25) is 5.02 Å². The Morgan fingerprint density at radius 1 is 1.42 bits per heavy atom. The first-order valence-electron chi connectivity index (χ1n) is 6.48. The summed E-state index contributed by atoms with van der Waals surface area (Å²) in [7, 11) is 0. The zero-order valence-corrected chi connectivity index (χ0v) is 12.7. The lowest BCUT2D eigenvalue weighted by molar-refractivity contribution is -0.121. The number of halogens is 1. The normalized spacial score (nSPS) is 12.8. The van der Waals surface area contributed by atoms with Crippen molar-refractivity contribution in [2.75, 3.05) is 17.6 Å². The van der Waals surface area contributed by atoms with Gasteiger partial charge in [-0.1, -0.05) is 18.5 Å². The third-order valence-corrected chi connectivity index (χ3v) is 3.41. The Morgan fingerprint density at radius 3 is 2.58 bits per heavy atom. The maximum absolute atomic E-state index is 12.2. The average Bonchev–Trinajstić information content (AvgIpc) is 2.34. The molecule has 0 aromatic heterocycles. The number of hydrogen-bond acceptors (Lipinski definition) is 3. The van der Waals surface area contributed by atoms with Crippen LogP contribution in [0.15, 0.2) is 18.2 Å². The first kappa shape index (κ1) is 15.8. The Labute approximate surface area is 119 Å². The van der Waals surface area contributed by atoms with Gasteiger partial charge in [0.15, 0.2) is 0 Å². The molecule has 1 atom stereocenters. The first-order chi connectivity index (χ1) is 8.86. The second kappa shape index (κ2) is 6.78. The molecule has 1 aromatic carbocycles. The smallest absolute Gasteiger partial charge is 0.241 e. The predicted octanol–water partition coefficient (Wildman–Crippen LogP) is 2.98. The topological polar surface area (TPSA) is 58.4 Å². The third-order valence-electron chi connectivity index (χ3n) is 3.18. The van der Waals surface area contributed by atoms with Crippen LogP contribution in [0.5, 0.6) is 0 Å². The summed E-state index contributed by atoms with van der Waals surface area (Å²) in [5, 5.41) is 3.38. The number of benzene rings is 1. The molecule has 5 heteroatoms. The monoisotopic (exact) mass is 283 g/mol. The van der Waals surface area contributed by atoms with Crippen molar-refractivity contribution in [1.82, 2.24) is 4.90 Å². The minimum atomic E-state index is -0.219. The van der Waals surface area contributed by atoms with Crippen molar-refractivity contribution >= 4 is 28.9 Å². The van der Waals surface area contributed by atoms with Gasteiger partial charge in [-0.15, -0.1) is 0 Å². The molecule has 0 saturated heterocycles. The fourth-order valence-electron chi connectivity index (χ4n) is 2.11. The van der Waals surface area contributed by atoms with Crippen molar-refractivity contribution < 1.29 is 4.79 Å². The number of carbonyl (C=O) groups is 1. The van der Waals surface area contributed by atoms with Crippen LogP contribution in [0.4, 0.5) is 11.4 Å². The van der Waals surface area contributed by atoms with E-state index in [1.54, 1.807) is 18.2 Å². The van der Waals surface area contributed by atoms with E-state index in [1.807, 2.05) is 13.8 Å². The fourth-order valence-corrected chi connectivity index (χ4v) is 2.28. The van der Waals surface area contributed by atoms with Crippen LogP contribution >= 0.6 is 11.6 Å². The molecule has 0 aliphatic heterocycles. The number of likely N-dealkylation sites (N-methyl/N-ethyl adjacent to an activating group) is 1. The molecule has 1 rings (SSSR count). The van der Waals surface area contributed by atoms with E-state index in [4.69, 9.17) is 17.3 Å². The van der Waals surface area contributed by atoms with Gasteiger partial charge in [0, 0.05) is 11.1 Å². The molecule has 19 heavy (non-hydrogen) atoms. The predicted molar refractivity (Wildman–Crippen MR) is 81.5 cm³/mol. The highest BCUT2D eigenvalue weighted by Gasteiger charge is 2.22. The van der Waals surface area contributed by atoms with Gasteiger partial charge in [-0.25, -0.2) is 0 Å². The Balaban J connectivity index is 2.81. The second-order valence-electron chi connectivity index (χ2n) is 4.82. The molecule has 0 fully saturated rings. The van der Waals surface area contributed by atoms with Gasteiger partial charge in [-0.2, -0.15) is 0 Å². The largest absolute Gasteiger partial charge is 0.397 e. The molecule has 4 nitrogen and oxygen atoms in total. The van der Waals surface area contributed by atoms with Crippen molar-refractivity contribution in [3.63, 3.8) is 0 Å². The number of nitrogens with two attached hydrogens (primary N) is 1. The lowest BCUT2D eigenvalue weighted by Gasteiger charge is -2.30. The van der Waals surface area contributed by atoms with Crippen molar-refractivity contribution in [2.45, 2.75) is 39.8 Å². The molecule has 0 spiro atoms. The summed E-state index contributed by atoms with van der Waals surface area (Å²) in [6, 6.07) is 5.13. The van der Waals surface area contributed by atoms with E-state index in [1.165, 1.54) is 0 Å². The van der Waals surface area contributed by atoms with E-state index in [0.717, 1.165) is 6.54 Å². The summed E-state index contributed by atoms with van der Waals surface area (Å²) in [6.45, 7) is 8.89. The Hall–Kier alpha value is -1.26. The molecule has 0 heterocycles. The summed E-state index contributed by atoms with van der Waals surface area (Å²) in [4.78, 5) is 14.3. The van der Waals surface area contributed by atoms with Crippen LogP contribution < -0.4 is 11.1 Å². The van der Waals surface area contributed by atoms with E-state index in [2.05, 4.69) is 24.1 Å². The lowest BCUT2D eigenvalue weighted by Crippen LogP contribution is -2.45. The minimum absolute atomic E-state index is 0.0792. The number of nitrogens with zero attached hydrogens (tertiary/aromatic N) is 1. The third kappa shape index (κ3) is 4.11. The quantitative estimate of drug-likeness (QED) is 0.817. The number of nitrogen functional groups attached to an aromatic ring is 1. The molecular weight excluding hydrogens is 262 g/mol. The van der Waals surface area contributed by atoms with Crippen molar-refractivity contribution in [2.24, 2.45) is 0 Å². The number of rotatable bonds is 5. The molecular formula is C14H22ClN3O. The molecule has 1 amide bonds. The standard InChI is InChI=1S/C14H22ClN3O/c1-5-18(9(2)3)10(4)14(19)17-13-8-11(15)6-7-12(13)16/h6-10H,5,16H2,1-4H3,(H,17,19). The van der Waals surface area contributed by atoms with Crippen molar-refractivity contribution in [3.8, 4) is 0 Å². The minimum Gasteiger partial charge on any atom is -0.397 e. The number of carbonyl (C=O) groups excluding carboxylic acids is 1. The molecule has 0 radical (unpaired) electrons. The lowest BCUT2D eigenvalue weighted by atomic mass is 10.2. The average molecular weight is 284 g/mol. The van der Waals surface area contributed by atoms with Gasteiger partial charge >= 0.3 is 0 Å². The van der Waals surface area contributed by atoms with Gasteiger partial charge in [0.05, 0.1) is 17.4 Å². The van der Waals surface area contributed by atoms with Crippen molar-refractivity contribution in [1.29, 1.82) is 0 Å². The Bertz CT molecular complexity index is 448. The summed E-state index contributed by atoms with van der Waals surface area (Å²) < 4.78 is 0. The second-order valence-corrected chi connectivity index (χ2v) is 5.26. The highest BCUT2D eigenvalue weighted by atomic mass is 35.5. The van der Waals surface area contributed by atoms with E-state index >= 15 is 0 Å². The highest BCUT2D eigenvalue weighted by Crippen LogP contribution is 2.23. The van der Waals surface area contributed by atoms with Crippen LogP contribution in [0.3, 0.4) is 0 Å². The van der Waals surface area contributed by atoms with E-state index in [0.29, 0.717) is 22.4 Å². The molecule has 0 saturated carbocycles. The molecule has 1 unspecified atom stereocenters. The number of anilines is 2. The van der Waals surface area contributed by atoms with E-state index < -0.39 is 0 Å². The SMILES string of the molecule is CCN(C(C)C)C(C)C(=O)Nc1cc(Cl)ccc1N. The molecule has 0 aliphatic carbocycles. The number of amides is 1. The maximum atomic E-state index is 12.2. The van der Waals surface area contributed by atoms with Crippen LogP contribution in [-0.2, 0) is 4.79 Å². The summed E-state index contributed by atoms with van der Waals surface area (Å²) >= 11 is 5.90. The van der Waals surface area contributed by atoms with Crippen LogP contribution in [-0.4, -0.2) is 29.4 Å². The highest BCUT2D eigenvalue weighted by molar-refractivity contribution is 6.31. The zero-order valence-electron chi connectivity index (χ0n) is 11.9. The van der Waals surface area contributed by atoms with E-state index in [9.17, 15) is 4.79 Å². The fraction of sp³-hybridized carbons (Fsp3) is 0.500. The molecule has 0 bridgehead atoms. The summed E-state index contributed by atoms with van der Waals surface area (Å²) in [5.74, 6) is -0.0792. The van der Waals surface area contributed by atoms with Gasteiger partial charge in [0.25, 0.3) is 0 Å². The molecule has 3 N–H and O–H groups in total. The number of hydrogen-bond donors (Lipinski definition) is 2. The van der Waals surface area contributed by atoms with Crippen LogP contribution in [0, 0.1) is 0 Å². The van der Waals surface area contributed by atoms with E-state index in [-0.39, 0.29) is 11.9 Å². The van der Waals surface area contributed by atoms with Crippen LogP contribution in [0.25, 0.3) is 0 Å². The van der Waals surface area contributed by atoms with Gasteiger partial charge in [0.2, 0.25) is 5.91 Å². The first-order valence-corrected chi connectivity index (χ1v) is 6.86. The van der Waals surface area contributed by atoms with Gasteiger partial charge in [0.1, 0.15) is 0 Å². The molecule has 1 aromatic rings. The summed E-state index contributed by atoms with van der Waals surface area (Å²) in [5.41, 5.74) is 6.89. The zero-order chi connectivity index (χ0) is 14.6. The summed E-state index contributed by atoms with van der Waals surface area (Å²) in [6.07, 6.45) is 0. The Morgan fingerprint density at radius 2 is 2.05 bits per heavy atom. The van der Waals surface area contributed by atoms with Crippen LogP contribution in [0.1, 0.15) is 27.7 Å². The van der Waals surface area contributed by atoms with Gasteiger partial charge in [-0.3, -0.25) is 9.69 Å². The maximum Gasteiger partial charge on any atom is 0.241 e. The van der Waals surface area contributed by atoms with Gasteiger partial charge in [-0.05, 0) is 45.5 Å².